The Labute approximate surface area is 154 Å². The fourth-order valence-electron chi connectivity index (χ4n) is 2.76. The molecule has 0 saturated carbocycles. The molecule has 4 aromatic rings. The summed E-state index contributed by atoms with van der Waals surface area (Å²) in [6.45, 7) is 1.75. The van der Waals surface area contributed by atoms with Crippen LogP contribution in [0.2, 0.25) is 0 Å². The van der Waals surface area contributed by atoms with E-state index in [4.69, 9.17) is 0 Å². The number of nitrogens with zero attached hydrogens (tertiary/aromatic N) is 3. The zero-order valence-corrected chi connectivity index (χ0v) is 14.4. The van der Waals surface area contributed by atoms with Crippen molar-refractivity contribution in [2.24, 2.45) is 0 Å². The number of halogens is 2. The van der Waals surface area contributed by atoms with Crippen molar-refractivity contribution in [1.29, 1.82) is 0 Å². The quantitative estimate of drug-likeness (QED) is 0.528. The molecule has 0 spiro atoms. The first-order valence-electron chi connectivity index (χ1n) is 8.27. The summed E-state index contributed by atoms with van der Waals surface area (Å²) in [6, 6.07) is 15.0. The van der Waals surface area contributed by atoms with Crippen LogP contribution in [-0.2, 0) is 0 Å². The molecule has 0 saturated heterocycles. The van der Waals surface area contributed by atoms with Crippen LogP contribution in [0.5, 0.6) is 0 Å². The molecule has 0 bridgehead atoms. The summed E-state index contributed by atoms with van der Waals surface area (Å²) in [5.41, 5.74) is 2.03. The molecule has 0 aliphatic heterocycles. The third-order valence-electron chi connectivity index (χ3n) is 3.93. The maximum Gasteiger partial charge on any atom is 0.160 e. The van der Waals surface area contributed by atoms with Gasteiger partial charge in [0.25, 0.3) is 0 Å². The number of rotatable bonds is 4. The SMILES string of the molecule is Cc1nc(Nc2ccc(F)c(F)c2)cc(Nc2cccc3cccnc23)n1. The average molecular weight is 363 g/mol. The molecule has 27 heavy (non-hydrogen) atoms. The lowest BCUT2D eigenvalue weighted by Gasteiger charge is -2.11. The molecule has 134 valence electrons. The van der Waals surface area contributed by atoms with Crippen molar-refractivity contribution in [3.63, 3.8) is 0 Å². The van der Waals surface area contributed by atoms with Crippen molar-refractivity contribution in [3.05, 3.63) is 78.3 Å². The second kappa shape index (κ2) is 6.95. The minimum Gasteiger partial charge on any atom is -0.340 e. The zero-order valence-electron chi connectivity index (χ0n) is 14.4. The number of benzene rings is 2. The van der Waals surface area contributed by atoms with E-state index in [9.17, 15) is 8.78 Å². The molecule has 2 aromatic heterocycles. The van der Waals surface area contributed by atoms with Crippen molar-refractivity contribution in [2.45, 2.75) is 6.92 Å². The molecular formula is C20H15F2N5. The van der Waals surface area contributed by atoms with Crippen molar-refractivity contribution < 1.29 is 8.78 Å². The Balaban J connectivity index is 1.65. The fourth-order valence-corrected chi connectivity index (χ4v) is 2.76. The predicted molar refractivity (Wildman–Crippen MR) is 101 cm³/mol. The van der Waals surface area contributed by atoms with Crippen LogP contribution < -0.4 is 10.6 Å². The lowest BCUT2D eigenvalue weighted by molar-refractivity contribution is 0.509. The van der Waals surface area contributed by atoms with Crippen LogP contribution >= 0.6 is 0 Å². The van der Waals surface area contributed by atoms with Gasteiger partial charge in [0.2, 0.25) is 0 Å². The number of hydrogen-bond donors (Lipinski definition) is 2. The van der Waals surface area contributed by atoms with E-state index in [-0.39, 0.29) is 0 Å². The van der Waals surface area contributed by atoms with Gasteiger partial charge < -0.3 is 10.6 Å². The number of para-hydroxylation sites is 1. The Bertz CT molecular complexity index is 1130. The molecular weight excluding hydrogens is 348 g/mol. The van der Waals surface area contributed by atoms with Crippen LogP contribution in [0.1, 0.15) is 5.82 Å². The number of fused-ring (bicyclic) bond motifs is 1. The summed E-state index contributed by atoms with van der Waals surface area (Å²) in [7, 11) is 0. The maximum atomic E-state index is 13.4. The summed E-state index contributed by atoms with van der Waals surface area (Å²) < 4.78 is 26.5. The van der Waals surface area contributed by atoms with Crippen molar-refractivity contribution in [1.82, 2.24) is 15.0 Å². The molecule has 0 atom stereocenters. The van der Waals surface area contributed by atoms with E-state index in [0.29, 0.717) is 23.1 Å². The van der Waals surface area contributed by atoms with Gasteiger partial charge in [-0.05, 0) is 31.2 Å². The van der Waals surface area contributed by atoms with Gasteiger partial charge in [-0.15, -0.1) is 0 Å². The largest absolute Gasteiger partial charge is 0.340 e. The van der Waals surface area contributed by atoms with Crippen molar-refractivity contribution >= 4 is 33.9 Å². The Kier molecular flexibility index (Phi) is 4.33. The van der Waals surface area contributed by atoms with Gasteiger partial charge in [-0.25, -0.2) is 18.7 Å². The van der Waals surface area contributed by atoms with Crippen LogP contribution in [0.25, 0.3) is 10.9 Å². The molecule has 0 fully saturated rings. The summed E-state index contributed by atoms with van der Waals surface area (Å²) in [4.78, 5) is 13.1. The first kappa shape index (κ1) is 16.8. The lowest BCUT2D eigenvalue weighted by Crippen LogP contribution is -2.02. The molecule has 0 amide bonds. The topological polar surface area (TPSA) is 62.7 Å². The average Bonchev–Trinajstić information content (AvgIpc) is 2.65. The molecule has 4 rings (SSSR count). The monoisotopic (exact) mass is 363 g/mol. The molecule has 2 aromatic carbocycles. The molecule has 5 nitrogen and oxygen atoms in total. The summed E-state index contributed by atoms with van der Waals surface area (Å²) >= 11 is 0. The molecule has 2 N–H and O–H groups in total. The van der Waals surface area contributed by atoms with Gasteiger partial charge in [-0.3, -0.25) is 4.98 Å². The lowest BCUT2D eigenvalue weighted by atomic mass is 10.2. The van der Waals surface area contributed by atoms with Gasteiger partial charge in [0.1, 0.15) is 17.5 Å². The normalized spacial score (nSPS) is 10.8. The minimum atomic E-state index is -0.925. The number of aryl methyl sites for hydroxylation is 1. The Morgan fingerprint density at radius 2 is 1.59 bits per heavy atom. The van der Waals surface area contributed by atoms with E-state index >= 15 is 0 Å². The smallest absolute Gasteiger partial charge is 0.160 e. The highest BCUT2D eigenvalue weighted by Gasteiger charge is 2.08. The van der Waals surface area contributed by atoms with Gasteiger partial charge in [0.05, 0.1) is 11.2 Å². The number of nitrogens with one attached hydrogen (secondary N) is 2. The van der Waals surface area contributed by atoms with Crippen LogP contribution in [0, 0.1) is 18.6 Å². The Morgan fingerprint density at radius 3 is 2.41 bits per heavy atom. The molecule has 0 unspecified atom stereocenters. The maximum absolute atomic E-state index is 13.4. The van der Waals surface area contributed by atoms with Gasteiger partial charge in [-0.1, -0.05) is 18.2 Å². The Morgan fingerprint density at radius 1 is 0.815 bits per heavy atom. The van der Waals surface area contributed by atoms with Gasteiger partial charge in [0, 0.05) is 29.4 Å². The van der Waals surface area contributed by atoms with E-state index < -0.39 is 11.6 Å². The molecule has 2 heterocycles. The zero-order chi connectivity index (χ0) is 18.8. The first-order valence-corrected chi connectivity index (χ1v) is 8.27. The van der Waals surface area contributed by atoms with Gasteiger partial charge >= 0.3 is 0 Å². The van der Waals surface area contributed by atoms with Crippen LogP contribution in [0.4, 0.5) is 31.8 Å². The Hall–Kier alpha value is -3.61. The highest BCUT2D eigenvalue weighted by molar-refractivity contribution is 5.91. The summed E-state index contributed by atoms with van der Waals surface area (Å²) in [5.74, 6) is -0.274. The van der Waals surface area contributed by atoms with Crippen molar-refractivity contribution in [3.8, 4) is 0 Å². The van der Waals surface area contributed by atoms with E-state index in [0.717, 1.165) is 28.7 Å². The van der Waals surface area contributed by atoms with E-state index in [1.165, 1.54) is 6.07 Å². The molecule has 0 aliphatic rings. The van der Waals surface area contributed by atoms with Gasteiger partial charge in [-0.2, -0.15) is 0 Å². The second-order valence-electron chi connectivity index (χ2n) is 5.95. The third-order valence-corrected chi connectivity index (χ3v) is 3.93. The molecule has 0 radical (unpaired) electrons. The van der Waals surface area contributed by atoms with E-state index in [2.05, 4.69) is 25.6 Å². The van der Waals surface area contributed by atoms with Crippen LogP contribution in [-0.4, -0.2) is 15.0 Å². The third kappa shape index (κ3) is 3.67. The van der Waals surface area contributed by atoms with Gasteiger partial charge in [0.15, 0.2) is 11.6 Å². The highest BCUT2D eigenvalue weighted by Crippen LogP contribution is 2.25. The highest BCUT2D eigenvalue weighted by atomic mass is 19.2. The number of hydrogen-bond acceptors (Lipinski definition) is 5. The van der Waals surface area contributed by atoms with E-state index in [1.807, 2.05) is 30.3 Å². The van der Waals surface area contributed by atoms with Crippen LogP contribution in [0.15, 0.2) is 60.8 Å². The number of aromatic nitrogens is 3. The van der Waals surface area contributed by atoms with E-state index in [1.54, 1.807) is 19.2 Å². The van der Waals surface area contributed by atoms with Crippen molar-refractivity contribution in [2.75, 3.05) is 10.6 Å². The number of pyridine rings is 1. The first-order chi connectivity index (χ1) is 13.1. The fraction of sp³-hybridized carbons (Fsp3) is 0.0500. The molecule has 7 heteroatoms. The predicted octanol–water partition coefficient (Wildman–Crippen LogP) is 5.10. The number of anilines is 4. The minimum absolute atomic E-state index is 0.393. The molecule has 0 aliphatic carbocycles. The standard InChI is InChI=1S/C20H15F2N5/c1-12-24-18(26-14-7-8-15(21)16(22)10-14)11-19(25-12)27-17-6-2-4-13-5-3-9-23-20(13)17/h2-11H,1H3,(H2,24,25,26,27). The summed E-state index contributed by atoms with van der Waals surface area (Å²) in [5, 5.41) is 7.22. The second-order valence-corrected chi connectivity index (χ2v) is 5.95. The van der Waals surface area contributed by atoms with Crippen LogP contribution in [0.3, 0.4) is 0 Å². The summed E-state index contributed by atoms with van der Waals surface area (Å²) in [6.07, 6.45) is 1.73.